The molecule has 186 valence electrons. The monoisotopic (exact) mass is 493 g/mol. The van der Waals surface area contributed by atoms with Crippen molar-refractivity contribution >= 4 is 29.3 Å². The summed E-state index contributed by atoms with van der Waals surface area (Å²) in [5.41, 5.74) is 2.60. The first kappa shape index (κ1) is 26.5. The Labute approximate surface area is 212 Å². The number of rotatable bonds is 7. The Morgan fingerprint density at radius 3 is 2.14 bits per heavy atom. The predicted octanol–water partition coefficient (Wildman–Crippen LogP) is 4.82. The lowest BCUT2D eigenvalue weighted by Gasteiger charge is -2.26. The molecule has 0 fully saturated rings. The van der Waals surface area contributed by atoms with E-state index in [-0.39, 0.29) is 35.1 Å². The number of hydrogen-bond acceptors (Lipinski definition) is 5. The number of anilines is 1. The number of nitrogens with one attached hydrogen (secondary N) is 1. The van der Waals surface area contributed by atoms with Gasteiger partial charge in [-0.15, -0.1) is 10.2 Å². The standard InChI is InChI=1S/C27H35N5O2S/c1-26(2,3)20-15-13-19(14-16-20)24-29-30-25(31(24)7)35-18-23(34)32(21-11-9-8-10-12-21)17-22(33)28-27(4,5)6/h8-16H,17-18H2,1-7H3,(H,28,33). The SMILES string of the molecule is Cn1c(SCC(=O)N(CC(=O)NC(C)(C)C)c2ccccc2)nnc1-c1ccc(C(C)(C)C)cc1. The Bertz CT molecular complexity index is 1160. The molecule has 0 saturated carbocycles. The highest BCUT2D eigenvalue weighted by Gasteiger charge is 2.23. The van der Waals surface area contributed by atoms with Crippen LogP contribution in [0.1, 0.15) is 47.1 Å². The summed E-state index contributed by atoms with van der Waals surface area (Å²) in [6, 6.07) is 17.6. The third-order valence-electron chi connectivity index (χ3n) is 5.35. The van der Waals surface area contributed by atoms with Gasteiger partial charge in [0.2, 0.25) is 11.8 Å². The topological polar surface area (TPSA) is 80.1 Å². The minimum Gasteiger partial charge on any atom is -0.350 e. The fourth-order valence-electron chi connectivity index (χ4n) is 3.55. The summed E-state index contributed by atoms with van der Waals surface area (Å²) < 4.78 is 1.89. The van der Waals surface area contributed by atoms with Crippen LogP contribution in [0.5, 0.6) is 0 Å². The van der Waals surface area contributed by atoms with Crippen LogP contribution in [0, 0.1) is 0 Å². The molecular formula is C27H35N5O2S. The summed E-state index contributed by atoms with van der Waals surface area (Å²) in [7, 11) is 1.89. The molecule has 0 radical (unpaired) electrons. The van der Waals surface area contributed by atoms with Gasteiger partial charge in [0.25, 0.3) is 0 Å². The third kappa shape index (κ3) is 7.18. The lowest BCUT2D eigenvalue weighted by molar-refractivity contribution is -0.123. The molecular weight excluding hydrogens is 458 g/mol. The number of amides is 2. The molecule has 3 rings (SSSR count). The van der Waals surface area contributed by atoms with Gasteiger partial charge in [-0.2, -0.15) is 0 Å². The van der Waals surface area contributed by atoms with Crippen LogP contribution in [0.25, 0.3) is 11.4 Å². The van der Waals surface area contributed by atoms with Crippen LogP contribution in [0.2, 0.25) is 0 Å². The van der Waals surface area contributed by atoms with Gasteiger partial charge in [-0.05, 0) is 43.9 Å². The van der Waals surface area contributed by atoms with Crippen LogP contribution in [-0.4, -0.2) is 44.4 Å². The van der Waals surface area contributed by atoms with Gasteiger partial charge in [-0.25, -0.2) is 0 Å². The summed E-state index contributed by atoms with van der Waals surface area (Å²) in [5, 5.41) is 12.2. The minimum atomic E-state index is -0.378. The van der Waals surface area contributed by atoms with E-state index in [9.17, 15) is 9.59 Å². The maximum atomic E-state index is 13.2. The summed E-state index contributed by atoms with van der Waals surface area (Å²) in [5.74, 6) is 0.487. The maximum Gasteiger partial charge on any atom is 0.240 e. The van der Waals surface area contributed by atoms with E-state index < -0.39 is 0 Å². The zero-order chi connectivity index (χ0) is 25.8. The van der Waals surface area contributed by atoms with E-state index in [0.717, 1.165) is 11.4 Å². The largest absolute Gasteiger partial charge is 0.350 e. The number of nitrogens with zero attached hydrogens (tertiary/aromatic N) is 4. The van der Waals surface area contributed by atoms with Gasteiger partial charge in [0.15, 0.2) is 11.0 Å². The highest BCUT2D eigenvalue weighted by Crippen LogP contribution is 2.27. The van der Waals surface area contributed by atoms with E-state index in [1.54, 1.807) is 0 Å². The fourth-order valence-corrected chi connectivity index (χ4v) is 4.34. The van der Waals surface area contributed by atoms with Crippen molar-refractivity contribution in [3.8, 4) is 11.4 Å². The Morgan fingerprint density at radius 1 is 0.943 bits per heavy atom. The van der Waals surface area contributed by atoms with Gasteiger partial charge in [-0.1, -0.05) is 75.0 Å². The second-order valence-electron chi connectivity index (χ2n) is 10.6. The molecule has 3 aromatic rings. The number of para-hydroxylation sites is 1. The highest BCUT2D eigenvalue weighted by atomic mass is 32.2. The van der Waals surface area contributed by atoms with Crippen molar-refractivity contribution in [1.29, 1.82) is 0 Å². The van der Waals surface area contributed by atoms with Crippen LogP contribution in [0.15, 0.2) is 59.8 Å². The summed E-state index contributed by atoms with van der Waals surface area (Å²) >= 11 is 1.31. The van der Waals surface area contributed by atoms with Gasteiger partial charge in [0, 0.05) is 23.8 Å². The summed E-state index contributed by atoms with van der Waals surface area (Å²) in [6.07, 6.45) is 0. The first-order valence-electron chi connectivity index (χ1n) is 11.6. The van der Waals surface area contributed by atoms with Crippen LogP contribution < -0.4 is 10.2 Å². The number of carbonyl (C=O) groups excluding carboxylic acids is 2. The number of benzene rings is 2. The average molecular weight is 494 g/mol. The van der Waals surface area contributed by atoms with Gasteiger partial charge in [0.1, 0.15) is 6.54 Å². The number of carbonyl (C=O) groups is 2. The van der Waals surface area contributed by atoms with E-state index in [1.807, 2.05) is 62.7 Å². The van der Waals surface area contributed by atoms with Crippen LogP contribution >= 0.6 is 11.8 Å². The first-order chi connectivity index (χ1) is 16.3. The molecule has 0 aliphatic carbocycles. The second-order valence-corrected chi connectivity index (χ2v) is 11.5. The van der Waals surface area contributed by atoms with Crippen molar-refractivity contribution in [2.45, 2.75) is 57.7 Å². The molecule has 0 aliphatic heterocycles. The van der Waals surface area contributed by atoms with E-state index >= 15 is 0 Å². The lowest BCUT2D eigenvalue weighted by atomic mass is 9.87. The van der Waals surface area contributed by atoms with E-state index in [1.165, 1.54) is 22.2 Å². The quantitative estimate of drug-likeness (QED) is 0.478. The highest BCUT2D eigenvalue weighted by molar-refractivity contribution is 7.99. The normalized spacial score (nSPS) is 11.9. The molecule has 2 amide bonds. The first-order valence-corrected chi connectivity index (χ1v) is 12.6. The Hall–Kier alpha value is -3.13. The van der Waals surface area contributed by atoms with E-state index in [0.29, 0.717) is 10.8 Å². The van der Waals surface area contributed by atoms with E-state index in [4.69, 9.17) is 0 Å². The molecule has 1 aromatic heterocycles. The van der Waals surface area contributed by atoms with Crippen molar-refractivity contribution < 1.29 is 9.59 Å². The average Bonchev–Trinajstić information content (AvgIpc) is 3.15. The molecule has 35 heavy (non-hydrogen) atoms. The van der Waals surface area contributed by atoms with Gasteiger partial charge in [-0.3, -0.25) is 9.59 Å². The van der Waals surface area contributed by atoms with Crippen molar-refractivity contribution in [3.63, 3.8) is 0 Å². The Morgan fingerprint density at radius 2 is 1.57 bits per heavy atom. The molecule has 0 aliphatic rings. The molecule has 0 unspecified atom stereocenters. The second kappa shape index (κ2) is 10.6. The number of thioether (sulfide) groups is 1. The van der Waals surface area contributed by atoms with Gasteiger partial charge < -0.3 is 14.8 Å². The van der Waals surface area contributed by atoms with Crippen LogP contribution in [-0.2, 0) is 22.1 Å². The molecule has 2 aromatic carbocycles. The van der Waals surface area contributed by atoms with Crippen molar-refractivity contribution in [2.75, 3.05) is 17.2 Å². The summed E-state index contributed by atoms with van der Waals surface area (Å²) in [6.45, 7) is 12.2. The maximum absolute atomic E-state index is 13.2. The van der Waals surface area contributed by atoms with Crippen LogP contribution in [0.3, 0.4) is 0 Å². The minimum absolute atomic E-state index is 0.0507. The zero-order valence-electron chi connectivity index (χ0n) is 21.6. The molecule has 0 spiro atoms. The molecule has 0 atom stereocenters. The smallest absolute Gasteiger partial charge is 0.240 e. The number of hydrogen-bond donors (Lipinski definition) is 1. The van der Waals surface area contributed by atoms with E-state index in [2.05, 4.69) is 60.6 Å². The summed E-state index contributed by atoms with van der Waals surface area (Å²) in [4.78, 5) is 27.3. The number of aromatic nitrogens is 3. The Balaban J connectivity index is 1.73. The van der Waals surface area contributed by atoms with Crippen molar-refractivity contribution in [1.82, 2.24) is 20.1 Å². The predicted molar refractivity (Wildman–Crippen MR) is 143 cm³/mol. The molecule has 1 heterocycles. The molecule has 7 nitrogen and oxygen atoms in total. The van der Waals surface area contributed by atoms with Gasteiger partial charge in [0.05, 0.1) is 5.75 Å². The zero-order valence-corrected chi connectivity index (χ0v) is 22.4. The van der Waals surface area contributed by atoms with Crippen LogP contribution in [0.4, 0.5) is 5.69 Å². The molecule has 0 saturated heterocycles. The van der Waals surface area contributed by atoms with Gasteiger partial charge >= 0.3 is 0 Å². The van der Waals surface area contributed by atoms with Crippen molar-refractivity contribution in [3.05, 3.63) is 60.2 Å². The third-order valence-corrected chi connectivity index (χ3v) is 6.36. The molecule has 1 N–H and O–H groups in total. The fraction of sp³-hybridized carbons (Fsp3) is 0.407. The molecule has 0 bridgehead atoms. The van der Waals surface area contributed by atoms with Crippen molar-refractivity contribution in [2.24, 2.45) is 7.05 Å². The lowest BCUT2D eigenvalue weighted by Crippen LogP contribution is -2.47. The molecule has 8 heteroatoms. The Kier molecular flexibility index (Phi) is 8.05.